The number of thiophene rings is 1. The zero-order valence-corrected chi connectivity index (χ0v) is 16.1. The predicted molar refractivity (Wildman–Crippen MR) is 122 cm³/mol. The third-order valence-electron chi connectivity index (χ3n) is 5.83. The fourth-order valence-corrected chi connectivity index (χ4v) is 5.74. The Morgan fingerprint density at radius 3 is 2.52 bits per heavy atom. The number of benzene rings is 4. The van der Waals surface area contributed by atoms with E-state index in [0.29, 0.717) is 0 Å². The van der Waals surface area contributed by atoms with Crippen LogP contribution in [0.3, 0.4) is 0 Å². The molecule has 4 aromatic carbocycles. The Morgan fingerprint density at radius 1 is 0.724 bits per heavy atom. The van der Waals surface area contributed by atoms with Gasteiger partial charge in [0.2, 0.25) is 0 Å². The van der Waals surface area contributed by atoms with Crippen molar-refractivity contribution in [2.24, 2.45) is 0 Å². The van der Waals surface area contributed by atoms with E-state index in [0.717, 1.165) is 27.5 Å². The van der Waals surface area contributed by atoms with Crippen molar-refractivity contribution in [2.45, 2.75) is 0 Å². The van der Waals surface area contributed by atoms with Crippen LogP contribution in [0, 0.1) is 0 Å². The summed E-state index contributed by atoms with van der Waals surface area (Å²) >= 11 is 1.83. The summed E-state index contributed by atoms with van der Waals surface area (Å²) in [4.78, 5) is 4.96. The normalized spacial score (nSPS) is 12.3. The molecule has 0 unspecified atom stereocenters. The summed E-state index contributed by atoms with van der Waals surface area (Å²) < 4.78 is 4.84. The second-order valence-corrected chi connectivity index (χ2v) is 8.51. The van der Waals surface area contributed by atoms with Gasteiger partial charge in [-0.3, -0.25) is 4.40 Å². The fourth-order valence-electron chi connectivity index (χ4n) is 4.63. The molecule has 7 aromatic rings. The van der Waals surface area contributed by atoms with Gasteiger partial charge in [0.25, 0.3) is 0 Å². The van der Waals surface area contributed by atoms with Crippen LogP contribution in [0.25, 0.3) is 58.5 Å². The summed E-state index contributed by atoms with van der Waals surface area (Å²) in [5.41, 5.74) is 4.11. The molecule has 0 atom stereocenters. The van der Waals surface area contributed by atoms with Gasteiger partial charge in [0.1, 0.15) is 11.4 Å². The van der Waals surface area contributed by atoms with Gasteiger partial charge in [-0.25, -0.2) is 4.98 Å². The van der Waals surface area contributed by atoms with Crippen LogP contribution in [0.1, 0.15) is 0 Å². The third-order valence-corrected chi connectivity index (χ3v) is 6.97. The molecule has 29 heavy (non-hydrogen) atoms. The van der Waals surface area contributed by atoms with Gasteiger partial charge in [-0.05, 0) is 47.9 Å². The molecule has 0 radical (unpaired) electrons. The summed E-state index contributed by atoms with van der Waals surface area (Å²) in [7, 11) is 0. The molecular weight excluding hydrogens is 376 g/mol. The average molecular weight is 390 g/mol. The van der Waals surface area contributed by atoms with Crippen molar-refractivity contribution in [1.29, 1.82) is 0 Å². The van der Waals surface area contributed by atoms with Gasteiger partial charge in [0, 0.05) is 30.9 Å². The van der Waals surface area contributed by atoms with E-state index in [1.165, 1.54) is 31.1 Å². The first-order valence-electron chi connectivity index (χ1n) is 9.55. The summed E-state index contributed by atoms with van der Waals surface area (Å²) in [6.45, 7) is 0. The first-order chi connectivity index (χ1) is 14.3. The number of imidazole rings is 1. The van der Waals surface area contributed by atoms with Crippen LogP contribution < -0.4 is 0 Å². The molecular formula is C25H14N2OS. The van der Waals surface area contributed by atoms with Crippen LogP contribution in [0.2, 0.25) is 0 Å². The molecule has 0 amide bonds. The number of fused-ring (bicyclic) bond motifs is 12. The van der Waals surface area contributed by atoms with Gasteiger partial charge in [0.15, 0.2) is 0 Å². The molecule has 0 saturated heterocycles. The van der Waals surface area contributed by atoms with E-state index < -0.39 is 0 Å². The van der Waals surface area contributed by atoms with Crippen molar-refractivity contribution in [1.82, 2.24) is 9.38 Å². The lowest BCUT2D eigenvalue weighted by atomic mass is 10.0. The maximum Gasteiger partial charge on any atom is 0.146 e. The third kappa shape index (κ3) is 1.89. The van der Waals surface area contributed by atoms with Crippen LogP contribution >= 0.6 is 11.3 Å². The Labute approximate surface area is 169 Å². The molecule has 0 bridgehead atoms. The predicted octanol–water partition coefficient (Wildman–Crippen LogP) is 6.87. The number of para-hydroxylation sites is 2. The quantitative estimate of drug-likeness (QED) is 0.287. The minimum absolute atomic E-state index is 0.257. The number of hydrogen-bond donors (Lipinski definition) is 1. The van der Waals surface area contributed by atoms with Crippen molar-refractivity contribution < 1.29 is 5.11 Å². The van der Waals surface area contributed by atoms with Gasteiger partial charge in [-0.15, -0.1) is 11.3 Å². The van der Waals surface area contributed by atoms with E-state index >= 15 is 0 Å². The second kappa shape index (κ2) is 5.25. The van der Waals surface area contributed by atoms with Crippen molar-refractivity contribution >= 4 is 69.9 Å². The van der Waals surface area contributed by atoms with E-state index in [4.69, 9.17) is 4.98 Å². The molecule has 7 rings (SSSR count). The summed E-state index contributed by atoms with van der Waals surface area (Å²) in [5, 5.41) is 16.0. The first kappa shape index (κ1) is 15.3. The molecule has 0 saturated carbocycles. The molecule has 3 nitrogen and oxygen atoms in total. The minimum Gasteiger partial charge on any atom is -0.508 e. The molecule has 0 fully saturated rings. The number of rotatable bonds is 0. The lowest BCUT2D eigenvalue weighted by molar-refractivity contribution is 0.476. The van der Waals surface area contributed by atoms with Crippen LogP contribution in [0.5, 0.6) is 5.75 Å². The van der Waals surface area contributed by atoms with Crippen molar-refractivity contribution in [3.05, 3.63) is 78.9 Å². The van der Waals surface area contributed by atoms with E-state index in [-0.39, 0.29) is 5.75 Å². The SMILES string of the molecule is Oc1ccc2c(c1)c1nc3ccccc3n1c1c2ccc2sc3ccccc3c21. The topological polar surface area (TPSA) is 37.5 Å². The highest BCUT2D eigenvalue weighted by Gasteiger charge is 2.18. The Morgan fingerprint density at radius 2 is 1.55 bits per heavy atom. The smallest absolute Gasteiger partial charge is 0.146 e. The lowest BCUT2D eigenvalue weighted by Gasteiger charge is -2.11. The number of aromatic hydroxyl groups is 1. The van der Waals surface area contributed by atoms with Gasteiger partial charge in [-0.1, -0.05) is 36.4 Å². The monoisotopic (exact) mass is 390 g/mol. The maximum atomic E-state index is 10.2. The number of nitrogens with zero attached hydrogens (tertiary/aromatic N) is 2. The zero-order chi connectivity index (χ0) is 19.1. The molecule has 0 aliphatic carbocycles. The number of phenols is 1. The Kier molecular flexibility index (Phi) is 2.77. The van der Waals surface area contributed by atoms with E-state index in [2.05, 4.69) is 59.0 Å². The molecule has 3 heterocycles. The molecule has 0 aliphatic heterocycles. The fraction of sp³-hybridized carbons (Fsp3) is 0. The molecule has 136 valence electrons. The highest BCUT2D eigenvalue weighted by Crippen LogP contribution is 2.42. The highest BCUT2D eigenvalue weighted by molar-refractivity contribution is 7.26. The van der Waals surface area contributed by atoms with Gasteiger partial charge < -0.3 is 5.11 Å². The Hall–Kier alpha value is -3.63. The van der Waals surface area contributed by atoms with Gasteiger partial charge in [-0.2, -0.15) is 0 Å². The standard InChI is InChI=1S/C25H14N2OS/c28-14-9-10-15-16-11-12-22-23(17-5-1-4-8-21(17)29-22)24(16)27-20-7-3-2-6-19(20)26-25(27)18(15)13-14/h1-13,28H. The lowest BCUT2D eigenvalue weighted by Crippen LogP contribution is -1.92. The average Bonchev–Trinajstić information content (AvgIpc) is 3.32. The van der Waals surface area contributed by atoms with E-state index in [1.807, 2.05) is 29.5 Å². The van der Waals surface area contributed by atoms with Crippen molar-refractivity contribution in [2.75, 3.05) is 0 Å². The van der Waals surface area contributed by atoms with Crippen LogP contribution in [0.4, 0.5) is 0 Å². The van der Waals surface area contributed by atoms with E-state index in [1.54, 1.807) is 6.07 Å². The molecule has 3 aromatic heterocycles. The van der Waals surface area contributed by atoms with E-state index in [9.17, 15) is 5.11 Å². The first-order valence-corrected chi connectivity index (χ1v) is 10.4. The number of aromatic nitrogens is 2. The second-order valence-electron chi connectivity index (χ2n) is 7.42. The van der Waals surface area contributed by atoms with Crippen molar-refractivity contribution in [3.8, 4) is 5.75 Å². The zero-order valence-electron chi connectivity index (χ0n) is 15.3. The Bertz CT molecular complexity index is 1770. The number of phenolic OH excluding ortho intramolecular Hbond substituents is 1. The largest absolute Gasteiger partial charge is 0.508 e. The van der Waals surface area contributed by atoms with Crippen LogP contribution in [-0.2, 0) is 0 Å². The molecule has 0 spiro atoms. The molecule has 1 N–H and O–H groups in total. The Balaban J connectivity index is 1.93. The highest BCUT2D eigenvalue weighted by atomic mass is 32.1. The molecule has 0 aliphatic rings. The number of pyridine rings is 1. The summed E-state index contributed by atoms with van der Waals surface area (Å²) in [6.07, 6.45) is 0. The summed E-state index contributed by atoms with van der Waals surface area (Å²) in [5.74, 6) is 0.257. The minimum atomic E-state index is 0.257. The van der Waals surface area contributed by atoms with Gasteiger partial charge in [0.05, 0.1) is 16.6 Å². The molecule has 4 heteroatoms. The van der Waals surface area contributed by atoms with Crippen LogP contribution in [0.15, 0.2) is 78.9 Å². The number of hydrogen-bond acceptors (Lipinski definition) is 3. The maximum absolute atomic E-state index is 10.2. The van der Waals surface area contributed by atoms with Gasteiger partial charge >= 0.3 is 0 Å². The summed E-state index contributed by atoms with van der Waals surface area (Å²) in [6, 6.07) is 26.9. The van der Waals surface area contributed by atoms with Crippen LogP contribution in [-0.4, -0.2) is 14.5 Å². The van der Waals surface area contributed by atoms with Crippen molar-refractivity contribution in [3.63, 3.8) is 0 Å².